The van der Waals surface area contributed by atoms with Gasteiger partial charge in [-0.3, -0.25) is 4.79 Å². The molecule has 0 amide bonds. The van der Waals surface area contributed by atoms with E-state index in [4.69, 9.17) is 4.74 Å². The second-order valence-electron chi connectivity index (χ2n) is 6.43. The molecule has 3 nitrogen and oxygen atoms in total. The number of hydrogen-bond donors (Lipinski definition) is 1. The summed E-state index contributed by atoms with van der Waals surface area (Å²) in [5, 5.41) is 9.40. The number of carboxylic acid groups (broad SMARTS) is 1. The van der Waals surface area contributed by atoms with Gasteiger partial charge in [-0.2, -0.15) is 4.39 Å². The van der Waals surface area contributed by atoms with E-state index in [1.54, 1.807) is 0 Å². The van der Waals surface area contributed by atoms with E-state index in [-0.39, 0.29) is 31.2 Å². The number of methoxy groups -OCH3 is 1. The summed E-state index contributed by atoms with van der Waals surface area (Å²) in [7, 11) is 1.14. The molecule has 0 saturated heterocycles. The molecule has 7 heteroatoms. The van der Waals surface area contributed by atoms with Crippen molar-refractivity contribution in [3.05, 3.63) is 29.3 Å². The lowest BCUT2D eigenvalue weighted by atomic mass is 9.63. The van der Waals surface area contributed by atoms with Crippen LogP contribution in [0.5, 0.6) is 5.75 Å². The van der Waals surface area contributed by atoms with Crippen molar-refractivity contribution in [3.63, 3.8) is 0 Å². The summed E-state index contributed by atoms with van der Waals surface area (Å²) in [5.41, 5.74) is -1.23. The number of ether oxygens (including phenoxy) is 1. The molecule has 126 valence electrons. The predicted molar refractivity (Wildman–Crippen MR) is 72.6 cm³/mol. The van der Waals surface area contributed by atoms with Crippen molar-refractivity contribution in [2.45, 2.75) is 37.5 Å². The second kappa shape index (κ2) is 5.11. The van der Waals surface area contributed by atoms with Crippen molar-refractivity contribution in [2.24, 2.45) is 11.3 Å². The lowest BCUT2D eigenvalue weighted by Crippen LogP contribution is -2.49. The first-order valence-electron chi connectivity index (χ1n) is 7.35. The third kappa shape index (κ3) is 2.20. The number of halogens is 4. The van der Waals surface area contributed by atoms with E-state index in [0.717, 1.165) is 13.2 Å². The summed E-state index contributed by atoms with van der Waals surface area (Å²) in [5.74, 6) is -8.78. The summed E-state index contributed by atoms with van der Waals surface area (Å²) in [6.45, 7) is 0. The highest BCUT2D eigenvalue weighted by Crippen LogP contribution is 2.67. The molecule has 0 aliphatic heterocycles. The molecular formula is C16H16F4O3. The van der Waals surface area contributed by atoms with E-state index in [2.05, 4.69) is 0 Å². The number of rotatable bonds is 3. The average Bonchev–Trinajstić information content (AvgIpc) is 2.92. The number of carbonyl (C=O) groups is 1. The Kier molecular flexibility index (Phi) is 3.57. The molecule has 1 N–H and O–H groups in total. The zero-order valence-electron chi connectivity index (χ0n) is 12.4. The van der Waals surface area contributed by atoms with Crippen LogP contribution < -0.4 is 4.74 Å². The van der Waals surface area contributed by atoms with E-state index in [1.807, 2.05) is 0 Å². The molecule has 1 aromatic carbocycles. The molecular weight excluding hydrogens is 316 g/mol. The van der Waals surface area contributed by atoms with Crippen LogP contribution in [-0.2, 0) is 4.79 Å². The summed E-state index contributed by atoms with van der Waals surface area (Å²) < 4.78 is 60.1. The fraction of sp³-hybridized carbons (Fsp3) is 0.562. The third-order valence-corrected chi connectivity index (χ3v) is 5.40. The molecule has 3 rings (SSSR count). The normalized spacial score (nSPS) is 31.9. The second-order valence-corrected chi connectivity index (χ2v) is 6.43. The number of carboxylic acids is 1. The van der Waals surface area contributed by atoms with Crippen LogP contribution in [0.25, 0.3) is 0 Å². The maximum Gasteiger partial charge on any atom is 0.307 e. The molecule has 3 atom stereocenters. The van der Waals surface area contributed by atoms with Crippen LogP contribution >= 0.6 is 0 Å². The molecule has 2 saturated carbocycles. The first-order chi connectivity index (χ1) is 10.7. The van der Waals surface area contributed by atoms with Crippen LogP contribution in [0, 0.1) is 23.0 Å². The molecule has 0 heterocycles. The number of aliphatic carboxylic acids is 1. The maximum atomic E-state index is 14.0. The molecule has 0 radical (unpaired) electrons. The van der Waals surface area contributed by atoms with Crippen molar-refractivity contribution in [1.29, 1.82) is 0 Å². The number of benzene rings is 1. The molecule has 2 fully saturated rings. The Morgan fingerprint density at radius 2 is 1.96 bits per heavy atom. The van der Waals surface area contributed by atoms with Crippen molar-refractivity contribution >= 4 is 5.97 Å². The minimum atomic E-state index is -2.92. The van der Waals surface area contributed by atoms with Crippen LogP contribution in [0.4, 0.5) is 17.6 Å². The van der Waals surface area contributed by atoms with Gasteiger partial charge in [0.2, 0.25) is 5.82 Å². The van der Waals surface area contributed by atoms with Gasteiger partial charge >= 0.3 is 5.97 Å². The summed E-state index contributed by atoms with van der Waals surface area (Å²) in [6, 6.07) is 2.10. The largest absolute Gasteiger partial charge is 0.493 e. The van der Waals surface area contributed by atoms with Gasteiger partial charge in [-0.15, -0.1) is 0 Å². The van der Waals surface area contributed by atoms with Crippen LogP contribution in [0.15, 0.2) is 12.1 Å². The predicted octanol–water partition coefficient (Wildman–Crippen LogP) is 3.97. The maximum absolute atomic E-state index is 14.0. The Bertz CT molecular complexity index is 661. The molecule has 2 aliphatic carbocycles. The van der Waals surface area contributed by atoms with Gasteiger partial charge in [-0.05, 0) is 25.3 Å². The van der Waals surface area contributed by atoms with Gasteiger partial charge in [0.1, 0.15) is 0 Å². The molecule has 2 unspecified atom stereocenters. The molecule has 2 aliphatic rings. The molecule has 0 bridgehead atoms. The zero-order chi connectivity index (χ0) is 17.0. The van der Waals surface area contributed by atoms with E-state index in [1.165, 1.54) is 6.07 Å². The van der Waals surface area contributed by atoms with Crippen LogP contribution in [0.2, 0.25) is 0 Å². The Morgan fingerprint density at radius 3 is 2.43 bits per heavy atom. The first-order valence-corrected chi connectivity index (χ1v) is 7.35. The van der Waals surface area contributed by atoms with Crippen molar-refractivity contribution < 1.29 is 32.2 Å². The highest BCUT2D eigenvalue weighted by atomic mass is 19.3. The lowest BCUT2D eigenvalue weighted by Gasteiger charge is -2.47. The smallest absolute Gasteiger partial charge is 0.307 e. The van der Waals surface area contributed by atoms with Crippen molar-refractivity contribution in [2.75, 3.05) is 7.11 Å². The van der Waals surface area contributed by atoms with Gasteiger partial charge < -0.3 is 9.84 Å². The van der Waals surface area contributed by atoms with Crippen LogP contribution in [0.1, 0.15) is 37.2 Å². The SMILES string of the molecule is COc1c([C@@H]2CC3(CCC3(F)F)CC2C(=O)O)ccc(F)c1F. The van der Waals surface area contributed by atoms with Gasteiger partial charge in [0.05, 0.1) is 13.0 Å². The Balaban J connectivity index is 2.05. The molecule has 1 aromatic rings. The average molecular weight is 332 g/mol. The van der Waals surface area contributed by atoms with Gasteiger partial charge in [-0.1, -0.05) is 6.07 Å². The lowest BCUT2D eigenvalue weighted by molar-refractivity contribution is -0.200. The number of hydrogen-bond acceptors (Lipinski definition) is 2. The molecule has 0 aromatic heterocycles. The van der Waals surface area contributed by atoms with Crippen molar-refractivity contribution in [3.8, 4) is 5.75 Å². The third-order valence-electron chi connectivity index (χ3n) is 5.40. The Morgan fingerprint density at radius 1 is 1.26 bits per heavy atom. The molecule has 23 heavy (non-hydrogen) atoms. The van der Waals surface area contributed by atoms with Gasteiger partial charge in [0.25, 0.3) is 5.92 Å². The first kappa shape index (κ1) is 16.1. The minimum absolute atomic E-state index is 0.0710. The van der Waals surface area contributed by atoms with Gasteiger partial charge in [-0.25, -0.2) is 13.2 Å². The van der Waals surface area contributed by atoms with E-state index in [9.17, 15) is 27.5 Å². The summed E-state index contributed by atoms with van der Waals surface area (Å²) >= 11 is 0. The summed E-state index contributed by atoms with van der Waals surface area (Å²) in [4.78, 5) is 11.5. The highest BCUT2D eigenvalue weighted by molar-refractivity contribution is 5.72. The number of alkyl halides is 2. The monoisotopic (exact) mass is 332 g/mol. The van der Waals surface area contributed by atoms with E-state index >= 15 is 0 Å². The fourth-order valence-electron chi connectivity index (χ4n) is 4.01. The van der Waals surface area contributed by atoms with Gasteiger partial charge in [0, 0.05) is 23.3 Å². The van der Waals surface area contributed by atoms with Crippen molar-refractivity contribution in [1.82, 2.24) is 0 Å². The molecule has 1 spiro atoms. The van der Waals surface area contributed by atoms with E-state index < -0.39 is 46.5 Å². The van der Waals surface area contributed by atoms with Gasteiger partial charge in [0.15, 0.2) is 11.6 Å². The Labute approximate surface area is 130 Å². The van der Waals surface area contributed by atoms with Crippen LogP contribution in [0.3, 0.4) is 0 Å². The minimum Gasteiger partial charge on any atom is -0.493 e. The zero-order valence-corrected chi connectivity index (χ0v) is 12.4. The Hall–Kier alpha value is -1.79. The van der Waals surface area contributed by atoms with Crippen LogP contribution in [-0.4, -0.2) is 24.1 Å². The fourth-order valence-corrected chi connectivity index (χ4v) is 4.01. The van der Waals surface area contributed by atoms with E-state index in [0.29, 0.717) is 0 Å². The standard InChI is InChI=1S/C16H16F4O3/c1-23-13-8(2-3-11(17)12(13)18)9-6-15(4-5-16(15,19)20)7-10(9)14(21)22/h2-3,9-10H,4-7H2,1H3,(H,21,22)/t9-,10?,15?/m0/s1. The quantitative estimate of drug-likeness (QED) is 0.852. The summed E-state index contributed by atoms with van der Waals surface area (Å²) in [6.07, 6.45) is -0.256. The highest BCUT2D eigenvalue weighted by Gasteiger charge is 2.67. The topological polar surface area (TPSA) is 46.5 Å².